The average molecular weight is 385 g/mol. The summed E-state index contributed by atoms with van der Waals surface area (Å²) in [5.74, 6) is 0.145. The Morgan fingerprint density at radius 3 is 2.89 bits per heavy atom. The second-order valence-corrected chi connectivity index (χ2v) is 7.89. The lowest BCUT2D eigenvalue weighted by Gasteiger charge is -2.17. The summed E-state index contributed by atoms with van der Waals surface area (Å²) in [4.78, 5) is 29.1. The van der Waals surface area contributed by atoms with E-state index in [1.54, 1.807) is 4.57 Å². The Bertz CT molecular complexity index is 876. The van der Waals surface area contributed by atoms with Crippen LogP contribution >= 0.6 is 11.8 Å². The van der Waals surface area contributed by atoms with Gasteiger partial charge in [0, 0.05) is 23.6 Å². The molecule has 27 heavy (non-hydrogen) atoms. The van der Waals surface area contributed by atoms with E-state index >= 15 is 0 Å². The lowest BCUT2D eigenvalue weighted by molar-refractivity contribution is -0.113. The molecule has 0 spiro atoms. The molecule has 0 saturated carbocycles. The lowest BCUT2D eigenvalue weighted by Crippen LogP contribution is -2.31. The molecule has 1 aliphatic heterocycles. The van der Waals surface area contributed by atoms with Crippen molar-refractivity contribution in [3.05, 3.63) is 52.1 Å². The van der Waals surface area contributed by atoms with E-state index in [-0.39, 0.29) is 23.5 Å². The lowest BCUT2D eigenvalue weighted by atomic mass is 10.2. The van der Waals surface area contributed by atoms with Gasteiger partial charge < -0.3 is 10.1 Å². The molecule has 142 valence electrons. The first kappa shape index (κ1) is 18.3. The van der Waals surface area contributed by atoms with Gasteiger partial charge in [0.05, 0.1) is 18.4 Å². The highest BCUT2D eigenvalue weighted by atomic mass is 32.2. The Kier molecular flexibility index (Phi) is 5.59. The quantitative estimate of drug-likeness (QED) is 0.611. The van der Waals surface area contributed by atoms with Crippen LogP contribution in [0.1, 0.15) is 30.5 Å². The van der Waals surface area contributed by atoms with Gasteiger partial charge in [-0.15, -0.1) is 0 Å². The van der Waals surface area contributed by atoms with Crippen molar-refractivity contribution in [1.82, 2.24) is 9.55 Å². The number of hydrogen-bond acceptors (Lipinski definition) is 5. The van der Waals surface area contributed by atoms with E-state index in [1.807, 2.05) is 30.3 Å². The fourth-order valence-corrected chi connectivity index (χ4v) is 4.62. The molecule has 1 atom stereocenters. The van der Waals surface area contributed by atoms with Crippen molar-refractivity contribution in [2.45, 2.75) is 49.8 Å². The van der Waals surface area contributed by atoms with E-state index in [4.69, 9.17) is 4.74 Å². The third kappa shape index (κ3) is 4.25. The highest BCUT2D eigenvalue weighted by molar-refractivity contribution is 8.00. The minimum Gasteiger partial charge on any atom is -0.376 e. The third-order valence-corrected chi connectivity index (χ3v) is 6.03. The number of aromatic nitrogens is 2. The van der Waals surface area contributed by atoms with E-state index in [1.165, 1.54) is 11.8 Å². The fourth-order valence-electron chi connectivity index (χ4n) is 3.74. The van der Waals surface area contributed by atoms with Crippen LogP contribution in [0.15, 0.2) is 40.2 Å². The van der Waals surface area contributed by atoms with Gasteiger partial charge in [0.2, 0.25) is 5.91 Å². The first-order valence-corrected chi connectivity index (χ1v) is 10.4. The van der Waals surface area contributed by atoms with Crippen molar-refractivity contribution >= 4 is 23.4 Å². The van der Waals surface area contributed by atoms with Crippen LogP contribution in [-0.2, 0) is 28.9 Å². The average Bonchev–Trinajstić information content (AvgIpc) is 3.35. The van der Waals surface area contributed by atoms with Gasteiger partial charge in [-0.25, -0.2) is 4.79 Å². The van der Waals surface area contributed by atoms with Crippen molar-refractivity contribution in [3.8, 4) is 0 Å². The van der Waals surface area contributed by atoms with Crippen LogP contribution in [0.25, 0.3) is 0 Å². The summed E-state index contributed by atoms with van der Waals surface area (Å²) in [5.41, 5.74) is 2.76. The monoisotopic (exact) mass is 385 g/mol. The van der Waals surface area contributed by atoms with Gasteiger partial charge in [-0.3, -0.25) is 9.36 Å². The Hall–Kier alpha value is -2.12. The van der Waals surface area contributed by atoms with Crippen LogP contribution in [0.4, 0.5) is 5.69 Å². The summed E-state index contributed by atoms with van der Waals surface area (Å²) in [6.45, 7) is 1.37. The number of carbonyl (C=O) groups excluding carboxylic acids is 1. The van der Waals surface area contributed by atoms with Crippen molar-refractivity contribution in [1.29, 1.82) is 0 Å². The minimum atomic E-state index is -0.225. The maximum atomic E-state index is 12.6. The molecule has 2 aromatic rings. The number of nitrogens with zero attached hydrogens (tertiary/aromatic N) is 2. The molecule has 2 heterocycles. The molecule has 0 radical (unpaired) electrons. The number of hydrogen-bond donors (Lipinski definition) is 1. The number of rotatable bonds is 6. The van der Waals surface area contributed by atoms with Crippen LogP contribution in [0.3, 0.4) is 0 Å². The van der Waals surface area contributed by atoms with Crippen LogP contribution in [-0.4, -0.2) is 33.9 Å². The summed E-state index contributed by atoms with van der Waals surface area (Å²) in [7, 11) is 0. The Labute approximate surface area is 162 Å². The van der Waals surface area contributed by atoms with E-state index in [0.29, 0.717) is 11.6 Å². The van der Waals surface area contributed by atoms with Gasteiger partial charge in [0.25, 0.3) is 0 Å². The van der Waals surface area contributed by atoms with Crippen molar-refractivity contribution in [2.75, 3.05) is 17.7 Å². The van der Waals surface area contributed by atoms with E-state index < -0.39 is 0 Å². The predicted molar refractivity (Wildman–Crippen MR) is 105 cm³/mol. The highest BCUT2D eigenvalue weighted by Crippen LogP contribution is 2.30. The maximum absolute atomic E-state index is 12.6. The van der Waals surface area contributed by atoms with Gasteiger partial charge in [-0.1, -0.05) is 30.0 Å². The molecule has 0 unspecified atom stereocenters. The first-order valence-electron chi connectivity index (χ1n) is 9.42. The van der Waals surface area contributed by atoms with Crippen molar-refractivity contribution in [3.63, 3.8) is 0 Å². The number of benzene rings is 1. The molecular formula is C20H23N3O3S. The molecule has 1 aromatic carbocycles. The third-order valence-electron chi connectivity index (χ3n) is 5.01. The fraction of sp³-hybridized carbons (Fsp3) is 0.450. The number of thioether (sulfide) groups is 1. The van der Waals surface area contributed by atoms with Crippen molar-refractivity contribution in [2.24, 2.45) is 0 Å². The number of ether oxygens (including phenoxy) is 1. The summed E-state index contributed by atoms with van der Waals surface area (Å²) in [6, 6.07) is 9.37. The van der Waals surface area contributed by atoms with Gasteiger partial charge >= 0.3 is 5.69 Å². The Morgan fingerprint density at radius 1 is 1.26 bits per heavy atom. The summed E-state index contributed by atoms with van der Waals surface area (Å²) in [6.07, 6.45) is 5.00. The van der Waals surface area contributed by atoms with Crippen molar-refractivity contribution < 1.29 is 9.53 Å². The molecule has 1 N–H and O–H groups in total. The Morgan fingerprint density at radius 2 is 2.11 bits per heavy atom. The molecule has 1 amide bonds. The minimum absolute atomic E-state index is 0.0942. The zero-order valence-electron chi connectivity index (χ0n) is 15.1. The number of amides is 1. The maximum Gasteiger partial charge on any atom is 0.348 e. The van der Waals surface area contributed by atoms with Gasteiger partial charge in [-0.2, -0.15) is 4.98 Å². The zero-order chi connectivity index (χ0) is 18.6. The SMILES string of the molecule is O=C(CSc1nc(=O)n(C[C@@H]2CCCO2)c2c1CCC2)Nc1ccccc1. The largest absolute Gasteiger partial charge is 0.376 e. The molecule has 2 aliphatic rings. The first-order chi connectivity index (χ1) is 13.2. The molecular weight excluding hydrogens is 362 g/mol. The van der Waals surface area contributed by atoms with Crippen LogP contribution in [0, 0.1) is 0 Å². The van der Waals surface area contributed by atoms with Gasteiger partial charge in [-0.05, 0) is 44.2 Å². The molecule has 1 aromatic heterocycles. The predicted octanol–water partition coefficient (Wildman–Crippen LogP) is 2.64. The summed E-state index contributed by atoms with van der Waals surface area (Å²) < 4.78 is 7.49. The second-order valence-electron chi connectivity index (χ2n) is 6.93. The zero-order valence-corrected chi connectivity index (χ0v) is 16.0. The van der Waals surface area contributed by atoms with E-state index in [2.05, 4.69) is 10.3 Å². The molecule has 0 bridgehead atoms. The molecule has 7 heteroatoms. The number of para-hydroxylation sites is 1. The number of anilines is 1. The number of fused-ring (bicyclic) bond motifs is 1. The molecule has 1 aliphatic carbocycles. The number of nitrogens with one attached hydrogen (secondary N) is 1. The standard InChI is InChI=1S/C20H23N3O3S/c24-18(21-14-6-2-1-3-7-14)13-27-19-16-9-4-10-17(16)23(20(25)22-19)12-15-8-5-11-26-15/h1-3,6-7,15H,4-5,8-13H2,(H,21,24)/t15-/m0/s1. The van der Waals surface area contributed by atoms with Gasteiger partial charge in [0.15, 0.2) is 0 Å². The molecule has 1 saturated heterocycles. The molecule has 1 fully saturated rings. The van der Waals surface area contributed by atoms with Gasteiger partial charge in [0.1, 0.15) is 5.03 Å². The summed E-state index contributed by atoms with van der Waals surface area (Å²) in [5, 5.41) is 3.57. The van der Waals surface area contributed by atoms with Crippen LogP contribution in [0.2, 0.25) is 0 Å². The normalized spacial score (nSPS) is 18.4. The van der Waals surface area contributed by atoms with E-state index in [0.717, 1.165) is 55.7 Å². The number of carbonyl (C=O) groups is 1. The molecule has 4 rings (SSSR count). The molecule has 6 nitrogen and oxygen atoms in total. The second kappa shape index (κ2) is 8.27. The smallest absolute Gasteiger partial charge is 0.348 e. The highest BCUT2D eigenvalue weighted by Gasteiger charge is 2.25. The topological polar surface area (TPSA) is 73.2 Å². The van der Waals surface area contributed by atoms with Crippen LogP contribution < -0.4 is 11.0 Å². The summed E-state index contributed by atoms with van der Waals surface area (Å²) >= 11 is 1.35. The van der Waals surface area contributed by atoms with Crippen LogP contribution in [0.5, 0.6) is 0 Å². The Balaban J connectivity index is 1.47. The van der Waals surface area contributed by atoms with E-state index in [9.17, 15) is 9.59 Å².